The Morgan fingerprint density at radius 3 is 2.58 bits per heavy atom. The molecule has 1 aliphatic carbocycles. The molecule has 0 aliphatic heterocycles. The number of halogens is 1. The predicted molar refractivity (Wildman–Crippen MR) is 77.4 cm³/mol. The second kappa shape index (κ2) is 5.51. The van der Waals surface area contributed by atoms with E-state index in [4.69, 9.17) is 17.3 Å². The third-order valence-corrected chi connectivity index (χ3v) is 4.39. The monoisotopic (exact) mass is 284 g/mol. The van der Waals surface area contributed by atoms with Gasteiger partial charge in [-0.15, -0.1) is 0 Å². The Bertz CT molecular complexity index is 460. The highest BCUT2D eigenvalue weighted by Crippen LogP contribution is 2.39. The van der Waals surface area contributed by atoms with Gasteiger partial charge in [0.15, 0.2) is 5.82 Å². The normalized spacial score (nSPS) is 17.7. The molecule has 19 heavy (non-hydrogen) atoms. The highest BCUT2D eigenvalue weighted by atomic mass is 35.5. The van der Waals surface area contributed by atoms with Crippen LogP contribution in [0.1, 0.15) is 31.4 Å². The summed E-state index contributed by atoms with van der Waals surface area (Å²) < 4.78 is 0. The average Bonchev–Trinajstić information content (AvgIpc) is 2.82. The van der Waals surface area contributed by atoms with Crippen molar-refractivity contribution in [3.05, 3.63) is 10.7 Å². The van der Waals surface area contributed by atoms with E-state index in [2.05, 4.69) is 9.97 Å². The Hall–Kier alpha value is -1.07. The number of hydrogen-bond acceptors (Lipinski definition) is 5. The molecule has 0 unspecified atom stereocenters. The average molecular weight is 285 g/mol. The van der Waals surface area contributed by atoms with Gasteiger partial charge in [0.25, 0.3) is 0 Å². The fraction of sp³-hybridized carbons (Fsp3) is 0.692. The van der Waals surface area contributed by atoms with E-state index in [1.807, 2.05) is 18.9 Å². The lowest BCUT2D eigenvalue weighted by molar-refractivity contribution is 0.137. The first-order valence-electron chi connectivity index (χ1n) is 6.59. The molecule has 0 atom stereocenters. The SMILES string of the molecule is Cc1nc(N)nc(N(C)CC2(CO)CCCC2)c1Cl. The second-order valence-corrected chi connectivity index (χ2v) is 5.90. The van der Waals surface area contributed by atoms with Gasteiger partial charge in [-0.05, 0) is 19.8 Å². The second-order valence-electron chi connectivity index (χ2n) is 5.53. The summed E-state index contributed by atoms with van der Waals surface area (Å²) in [6, 6.07) is 0. The number of aliphatic hydroxyl groups excluding tert-OH is 1. The van der Waals surface area contributed by atoms with Crippen molar-refractivity contribution in [1.29, 1.82) is 0 Å². The van der Waals surface area contributed by atoms with Crippen molar-refractivity contribution in [1.82, 2.24) is 9.97 Å². The molecular formula is C13H21ClN4O. The lowest BCUT2D eigenvalue weighted by Gasteiger charge is -2.32. The fourth-order valence-electron chi connectivity index (χ4n) is 2.89. The van der Waals surface area contributed by atoms with E-state index in [1.165, 1.54) is 12.8 Å². The number of aromatic nitrogens is 2. The summed E-state index contributed by atoms with van der Waals surface area (Å²) in [6.45, 7) is 2.75. The molecular weight excluding hydrogens is 264 g/mol. The highest BCUT2D eigenvalue weighted by Gasteiger charge is 2.35. The summed E-state index contributed by atoms with van der Waals surface area (Å²) in [5.41, 5.74) is 6.33. The molecule has 0 amide bonds. The van der Waals surface area contributed by atoms with Gasteiger partial charge in [0.1, 0.15) is 5.02 Å². The maximum atomic E-state index is 9.67. The van der Waals surface area contributed by atoms with Gasteiger partial charge in [0.05, 0.1) is 12.3 Å². The first-order valence-corrected chi connectivity index (χ1v) is 6.97. The van der Waals surface area contributed by atoms with Crippen molar-refractivity contribution in [3.8, 4) is 0 Å². The fourth-order valence-corrected chi connectivity index (χ4v) is 3.12. The van der Waals surface area contributed by atoms with Gasteiger partial charge in [-0.3, -0.25) is 0 Å². The molecule has 1 fully saturated rings. The third kappa shape index (κ3) is 2.92. The predicted octanol–water partition coefficient (Wildman–Crippen LogP) is 2.01. The van der Waals surface area contributed by atoms with Gasteiger partial charge < -0.3 is 15.7 Å². The topological polar surface area (TPSA) is 75.3 Å². The van der Waals surface area contributed by atoms with Gasteiger partial charge in [0, 0.05) is 19.0 Å². The van der Waals surface area contributed by atoms with Crippen molar-refractivity contribution < 1.29 is 5.11 Å². The minimum absolute atomic E-state index is 0.0360. The zero-order valence-corrected chi connectivity index (χ0v) is 12.2. The van der Waals surface area contributed by atoms with Crippen molar-refractivity contribution in [2.24, 2.45) is 5.41 Å². The molecule has 2 rings (SSSR count). The highest BCUT2D eigenvalue weighted by molar-refractivity contribution is 6.33. The van der Waals surface area contributed by atoms with Crippen LogP contribution in [-0.2, 0) is 0 Å². The molecule has 1 aromatic rings. The van der Waals surface area contributed by atoms with Gasteiger partial charge in [-0.1, -0.05) is 24.4 Å². The quantitative estimate of drug-likeness (QED) is 0.885. The minimum atomic E-state index is -0.0360. The van der Waals surface area contributed by atoms with Crippen LogP contribution < -0.4 is 10.6 Å². The lowest BCUT2D eigenvalue weighted by Crippen LogP contribution is -2.37. The molecule has 1 saturated carbocycles. The Balaban J connectivity index is 2.22. The van der Waals surface area contributed by atoms with E-state index in [0.717, 1.165) is 19.4 Å². The summed E-state index contributed by atoms with van der Waals surface area (Å²) in [5, 5.41) is 10.2. The molecule has 6 heteroatoms. The van der Waals surface area contributed by atoms with Gasteiger partial charge >= 0.3 is 0 Å². The van der Waals surface area contributed by atoms with Crippen LogP contribution in [0.4, 0.5) is 11.8 Å². The summed E-state index contributed by atoms with van der Waals surface area (Å²) in [5.74, 6) is 0.875. The Morgan fingerprint density at radius 1 is 1.37 bits per heavy atom. The van der Waals surface area contributed by atoms with Crippen LogP contribution in [0.15, 0.2) is 0 Å². The molecule has 1 aliphatic rings. The molecule has 1 heterocycles. The van der Waals surface area contributed by atoms with Crippen LogP contribution in [0.25, 0.3) is 0 Å². The van der Waals surface area contributed by atoms with Crippen LogP contribution in [-0.4, -0.2) is 35.3 Å². The van der Waals surface area contributed by atoms with Crippen LogP contribution >= 0.6 is 11.6 Å². The maximum Gasteiger partial charge on any atom is 0.222 e. The minimum Gasteiger partial charge on any atom is -0.396 e. The van der Waals surface area contributed by atoms with Crippen molar-refractivity contribution >= 4 is 23.4 Å². The van der Waals surface area contributed by atoms with Gasteiger partial charge in [0.2, 0.25) is 5.95 Å². The largest absolute Gasteiger partial charge is 0.396 e. The number of rotatable bonds is 4. The number of hydrogen-bond donors (Lipinski definition) is 2. The standard InChI is InChI=1S/C13H21ClN4O/c1-9-10(14)11(17-12(15)16-9)18(2)7-13(8-19)5-3-4-6-13/h19H,3-8H2,1-2H3,(H2,15,16,17). The third-order valence-electron chi connectivity index (χ3n) is 3.95. The number of anilines is 2. The van der Waals surface area contributed by atoms with E-state index < -0.39 is 0 Å². The van der Waals surface area contributed by atoms with Crippen molar-refractivity contribution in [3.63, 3.8) is 0 Å². The first kappa shape index (κ1) is 14.3. The maximum absolute atomic E-state index is 9.67. The number of nitrogens with two attached hydrogens (primary N) is 1. The first-order chi connectivity index (χ1) is 8.97. The number of aliphatic hydroxyl groups is 1. The summed E-state index contributed by atoms with van der Waals surface area (Å²) in [6.07, 6.45) is 4.44. The van der Waals surface area contributed by atoms with Crippen LogP contribution in [0.3, 0.4) is 0 Å². The van der Waals surface area contributed by atoms with E-state index in [0.29, 0.717) is 16.5 Å². The van der Waals surface area contributed by atoms with Crippen LogP contribution in [0, 0.1) is 12.3 Å². The number of aryl methyl sites for hydroxylation is 1. The summed E-state index contributed by atoms with van der Waals surface area (Å²) >= 11 is 6.25. The van der Waals surface area contributed by atoms with Crippen LogP contribution in [0.2, 0.25) is 5.02 Å². The Morgan fingerprint density at radius 2 is 2.00 bits per heavy atom. The van der Waals surface area contributed by atoms with Crippen LogP contribution in [0.5, 0.6) is 0 Å². The molecule has 3 N–H and O–H groups in total. The molecule has 106 valence electrons. The molecule has 0 saturated heterocycles. The van der Waals surface area contributed by atoms with Crippen molar-refractivity contribution in [2.45, 2.75) is 32.6 Å². The molecule has 0 radical (unpaired) electrons. The lowest BCUT2D eigenvalue weighted by atomic mass is 9.87. The Labute approximate surface area is 118 Å². The van der Waals surface area contributed by atoms with Crippen molar-refractivity contribution in [2.75, 3.05) is 30.8 Å². The molecule has 1 aromatic heterocycles. The van der Waals surface area contributed by atoms with E-state index in [-0.39, 0.29) is 18.0 Å². The summed E-state index contributed by atoms with van der Waals surface area (Å²) in [7, 11) is 1.93. The number of nitrogens with zero attached hydrogens (tertiary/aromatic N) is 3. The molecule has 0 spiro atoms. The van der Waals surface area contributed by atoms with E-state index in [1.54, 1.807) is 0 Å². The van der Waals surface area contributed by atoms with Gasteiger partial charge in [-0.25, -0.2) is 4.98 Å². The molecule has 0 aromatic carbocycles. The number of nitrogen functional groups attached to an aromatic ring is 1. The van der Waals surface area contributed by atoms with E-state index in [9.17, 15) is 5.11 Å². The molecule has 0 bridgehead atoms. The zero-order valence-electron chi connectivity index (χ0n) is 11.5. The zero-order chi connectivity index (χ0) is 14.0. The van der Waals surface area contributed by atoms with E-state index >= 15 is 0 Å². The van der Waals surface area contributed by atoms with Gasteiger partial charge in [-0.2, -0.15) is 4.98 Å². The Kier molecular flexibility index (Phi) is 4.16. The molecule has 5 nitrogen and oxygen atoms in total. The summed E-state index contributed by atoms with van der Waals surface area (Å²) in [4.78, 5) is 10.2. The smallest absolute Gasteiger partial charge is 0.222 e.